The van der Waals surface area contributed by atoms with Crippen LogP contribution in [0.3, 0.4) is 0 Å². The Hall–Kier alpha value is -2.97. The number of aromatic nitrogens is 1. The second-order valence-electron chi connectivity index (χ2n) is 5.48. The van der Waals surface area contributed by atoms with Gasteiger partial charge in [0.25, 0.3) is 0 Å². The molecule has 0 aliphatic heterocycles. The molecule has 1 heterocycles. The van der Waals surface area contributed by atoms with Gasteiger partial charge in [-0.3, -0.25) is 0 Å². The monoisotopic (exact) mass is 348 g/mol. The fourth-order valence-electron chi connectivity index (χ4n) is 2.34. The molecule has 4 nitrogen and oxygen atoms in total. The van der Waals surface area contributed by atoms with Gasteiger partial charge in [0, 0.05) is 10.9 Å². The highest BCUT2D eigenvalue weighted by atomic mass is 32.1. The first-order valence-electron chi connectivity index (χ1n) is 7.90. The Labute approximate surface area is 150 Å². The van der Waals surface area contributed by atoms with E-state index in [1.54, 1.807) is 23.6 Å². The lowest BCUT2D eigenvalue weighted by molar-refractivity contribution is 0.0467. The summed E-state index contributed by atoms with van der Waals surface area (Å²) < 4.78 is 5.30. The van der Waals surface area contributed by atoms with Crippen LogP contribution in [-0.2, 0) is 17.8 Å². The maximum Gasteiger partial charge on any atom is 0.358 e. The van der Waals surface area contributed by atoms with Crippen molar-refractivity contribution in [1.82, 2.24) is 4.98 Å². The summed E-state index contributed by atoms with van der Waals surface area (Å²) in [6.45, 7) is 2.23. The molecule has 0 aliphatic rings. The average Bonchev–Trinajstić information content (AvgIpc) is 3.16. The van der Waals surface area contributed by atoms with E-state index in [1.807, 2.05) is 18.2 Å². The van der Waals surface area contributed by atoms with E-state index in [0.29, 0.717) is 11.3 Å². The normalized spacial score (nSPS) is 10.2. The minimum absolute atomic E-state index is 0.117. The number of esters is 1. The number of ether oxygens (including phenoxy) is 1. The molecule has 0 saturated carbocycles. The van der Waals surface area contributed by atoms with Crippen molar-refractivity contribution in [2.24, 2.45) is 0 Å². The zero-order valence-electron chi connectivity index (χ0n) is 13.7. The maximum atomic E-state index is 12.2. The van der Waals surface area contributed by atoms with E-state index in [9.17, 15) is 4.79 Å². The molecule has 0 atom stereocenters. The maximum absolute atomic E-state index is 12.2. The van der Waals surface area contributed by atoms with Crippen LogP contribution >= 0.6 is 11.3 Å². The summed E-state index contributed by atoms with van der Waals surface area (Å²) in [5.74, 6) is -0.463. The minimum atomic E-state index is -0.463. The standard InChI is InChI=1S/C20H16N2O2S/c1-2-14-6-8-17(9-7-14)19-22-18(13-25-19)20(23)24-12-16-5-3-4-15(10-16)11-21/h3-10,13H,2,12H2,1H3. The molecule has 3 aromatic rings. The van der Waals surface area contributed by atoms with Crippen molar-refractivity contribution in [2.45, 2.75) is 20.0 Å². The number of carbonyl (C=O) groups is 1. The van der Waals surface area contributed by atoms with Crippen LogP contribution in [0.1, 0.15) is 34.1 Å². The van der Waals surface area contributed by atoms with Gasteiger partial charge in [0.2, 0.25) is 0 Å². The van der Waals surface area contributed by atoms with Gasteiger partial charge >= 0.3 is 5.97 Å². The fraction of sp³-hybridized carbons (Fsp3) is 0.150. The summed E-state index contributed by atoms with van der Waals surface area (Å²) in [5, 5.41) is 11.4. The zero-order chi connectivity index (χ0) is 17.6. The number of nitrogens with zero attached hydrogens (tertiary/aromatic N) is 2. The molecule has 0 amide bonds. The molecule has 0 fully saturated rings. The summed E-state index contributed by atoms with van der Waals surface area (Å²) in [6, 6.07) is 17.2. The third kappa shape index (κ3) is 4.11. The number of nitriles is 1. The molecule has 124 valence electrons. The zero-order valence-corrected chi connectivity index (χ0v) is 14.5. The van der Waals surface area contributed by atoms with Crippen LogP contribution in [0.2, 0.25) is 0 Å². The molecule has 0 radical (unpaired) electrons. The topological polar surface area (TPSA) is 63.0 Å². The molecule has 3 rings (SSSR count). The number of aryl methyl sites for hydroxylation is 1. The highest BCUT2D eigenvalue weighted by molar-refractivity contribution is 7.13. The first-order valence-corrected chi connectivity index (χ1v) is 8.78. The SMILES string of the molecule is CCc1ccc(-c2nc(C(=O)OCc3cccc(C#N)c3)cs2)cc1. The Morgan fingerprint density at radius 1 is 1.20 bits per heavy atom. The van der Waals surface area contributed by atoms with E-state index in [0.717, 1.165) is 22.6 Å². The van der Waals surface area contributed by atoms with Gasteiger partial charge in [-0.15, -0.1) is 11.3 Å². The lowest BCUT2D eigenvalue weighted by Gasteiger charge is -2.03. The first kappa shape index (κ1) is 16.9. The van der Waals surface area contributed by atoms with Gasteiger partial charge in [-0.2, -0.15) is 5.26 Å². The highest BCUT2D eigenvalue weighted by Crippen LogP contribution is 2.24. The predicted molar refractivity (Wildman–Crippen MR) is 97.2 cm³/mol. The molecular weight excluding hydrogens is 332 g/mol. The van der Waals surface area contributed by atoms with Gasteiger partial charge < -0.3 is 4.74 Å². The second kappa shape index (κ2) is 7.73. The summed E-state index contributed by atoms with van der Waals surface area (Å²) in [7, 11) is 0. The van der Waals surface area contributed by atoms with Crippen molar-refractivity contribution in [2.75, 3.05) is 0 Å². The van der Waals surface area contributed by atoms with Crippen LogP contribution < -0.4 is 0 Å². The van der Waals surface area contributed by atoms with Crippen LogP contribution in [0.15, 0.2) is 53.9 Å². The van der Waals surface area contributed by atoms with Crippen LogP contribution in [0.4, 0.5) is 0 Å². The Bertz CT molecular complexity index is 923. The molecule has 0 unspecified atom stereocenters. The summed E-state index contributed by atoms with van der Waals surface area (Å²) in [4.78, 5) is 16.5. The van der Waals surface area contributed by atoms with Crippen LogP contribution in [0, 0.1) is 11.3 Å². The van der Waals surface area contributed by atoms with E-state index in [-0.39, 0.29) is 6.61 Å². The number of rotatable bonds is 5. The molecule has 5 heteroatoms. The highest BCUT2D eigenvalue weighted by Gasteiger charge is 2.13. The number of hydrogen-bond acceptors (Lipinski definition) is 5. The number of benzene rings is 2. The van der Waals surface area contributed by atoms with Gasteiger partial charge in [-0.1, -0.05) is 43.3 Å². The third-order valence-corrected chi connectivity index (χ3v) is 4.64. The average molecular weight is 348 g/mol. The van der Waals surface area contributed by atoms with E-state index in [4.69, 9.17) is 10.00 Å². The summed E-state index contributed by atoms with van der Waals surface area (Å²) >= 11 is 1.42. The van der Waals surface area contributed by atoms with Gasteiger partial charge in [0.05, 0.1) is 11.6 Å². The number of carbonyl (C=O) groups excluding carboxylic acids is 1. The molecule has 0 N–H and O–H groups in total. The Morgan fingerprint density at radius 2 is 2.00 bits per heavy atom. The van der Waals surface area contributed by atoms with E-state index >= 15 is 0 Å². The van der Waals surface area contributed by atoms with E-state index in [1.165, 1.54) is 16.9 Å². The Morgan fingerprint density at radius 3 is 2.72 bits per heavy atom. The van der Waals surface area contributed by atoms with Crippen molar-refractivity contribution < 1.29 is 9.53 Å². The number of hydrogen-bond donors (Lipinski definition) is 0. The molecule has 1 aromatic heterocycles. The molecule has 0 saturated heterocycles. The van der Waals surface area contributed by atoms with Crippen LogP contribution in [0.25, 0.3) is 10.6 Å². The van der Waals surface area contributed by atoms with Gasteiger partial charge in [-0.25, -0.2) is 9.78 Å². The summed E-state index contributed by atoms with van der Waals surface area (Å²) in [6.07, 6.45) is 0.989. The van der Waals surface area contributed by atoms with Crippen molar-refractivity contribution >= 4 is 17.3 Å². The van der Waals surface area contributed by atoms with Crippen LogP contribution in [-0.4, -0.2) is 11.0 Å². The third-order valence-electron chi connectivity index (χ3n) is 3.75. The van der Waals surface area contributed by atoms with Gasteiger partial charge in [0.1, 0.15) is 11.6 Å². The first-order chi connectivity index (χ1) is 12.2. The molecular formula is C20H16N2O2S. The summed E-state index contributed by atoms with van der Waals surface area (Å²) in [5.41, 5.74) is 3.87. The van der Waals surface area contributed by atoms with E-state index in [2.05, 4.69) is 30.1 Å². The Balaban J connectivity index is 1.66. The molecule has 0 bridgehead atoms. The molecule has 25 heavy (non-hydrogen) atoms. The Kier molecular flexibility index (Phi) is 5.22. The molecule has 0 aliphatic carbocycles. The predicted octanol–water partition coefficient (Wildman–Crippen LogP) is 4.60. The largest absolute Gasteiger partial charge is 0.456 e. The minimum Gasteiger partial charge on any atom is -0.456 e. The number of thiazole rings is 1. The quantitative estimate of drug-likeness (QED) is 0.632. The van der Waals surface area contributed by atoms with Gasteiger partial charge in [-0.05, 0) is 29.7 Å². The smallest absolute Gasteiger partial charge is 0.358 e. The molecule has 2 aromatic carbocycles. The van der Waals surface area contributed by atoms with E-state index < -0.39 is 5.97 Å². The fourth-order valence-corrected chi connectivity index (χ4v) is 3.13. The van der Waals surface area contributed by atoms with Crippen molar-refractivity contribution in [3.63, 3.8) is 0 Å². The lowest BCUT2D eigenvalue weighted by atomic mass is 10.1. The van der Waals surface area contributed by atoms with Crippen molar-refractivity contribution in [1.29, 1.82) is 5.26 Å². The van der Waals surface area contributed by atoms with Gasteiger partial charge in [0.15, 0.2) is 5.69 Å². The lowest BCUT2D eigenvalue weighted by Crippen LogP contribution is -2.05. The second-order valence-corrected chi connectivity index (χ2v) is 6.33. The van der Waals surface area contributed by atoms with Crippen LogP contribution in [0.5, 0.6) is 0 Å². The van der Waals surface area contributed by atoms with Crippen molar-refractivity contribution in [3.05, 3.63) is 76.3 Å². The van der Waals surface area contributed by atoms with Crippen molar-refractivity contribution in [3.8, 4) is 16.6 Å². The molecule has 0 spiro atoms.